The van der Waals surface area contributed by atoms with Crippen LogP contribution >= 0.6 is 0 Å². The minimum absolute atomic E-state index is 0.188. The molecule has 2 aliphatic rings. The van der Waals surface area contributed by atoms with Crippen molar-refractivity contribution in [2.24, 2.45) is 5.92 Å². The summed E-state index contributed by atoms with van der Waals surface area (Å²) in [5, 5.41) is 4.14. The molecule has 1 aromatic carbocycles. The Bertz CT molecular complexity index is 847. The Morgan fingerprint density at radius 2 is 1.72 bits per heavy atom. The van der Waals surface area contributed by atoms with Gasteiger partial charge in [-0.05, 0) is 76.6 Å². The van der Waals surface area contributed by atoms with E-state index in [4.69, 9.17) is 9.47 Å². The van der Waals surface area contributed by atoms with Crippen molar-refractivity contribution >= 4 is 6.09 Å². The van der Waals surface area contributed by atoms with Crippen molar-refractivity contribution in [1.82, 2.24) is 24.6 Å². The first-order valence-electron chi connectivity index (χ1n) is 11.7. The van der Waals surface area contributed by atoms with Crippen LogP contribution in [0.25, 0.3) is 5.69 Å². The zero-order valence-electron chi connectivity index (χ0n) is 19.4. The van der Waals surface area contributed by atoms with Gasteiger partial charge in [0.2, 0.25) is 0 Å². The summed E-state index contributed by atoms with van der Waals surface area (Å²) in [4.78, 5) is 20.6. The third kappa shape index (κ3) is 6.00. The van der Waals surface area contributed by atoms with E-state index in [1.807, 2.05) is 49.9 Å². The highest BCUT2D eigenvalue weighted by Crippen LogP contribution is 2.29. The molecule has 174 valence electrons. The summed E-state index contributed by atoms with van der Waals surface area (Å²) < 4.78 is 13.3. The molecule has 1 amide bonds. The summed E-state index contributed by atoms with van der Waals surface area (Å²) in [6.07, 6.45) is 7.81. The second-order valence-corrected chi connectivity index (χ2v) is 9.82. The van der Waals surface area contributed by atoms with E-state index >= 15 is 0 Å². The van der Waals surface area contributed by atoms with Crippen LogP contribution < -0.4 is 4.74 Å². The SMILES string of the molecule is CC(C)(C)OC(=O)N1CCN(C2CCC(COc3ccc(-n4cncn4)cc3)CC2)CC1. The topological polar surface area (TPSA) is 72.7 Å². The number of piperazine rings is 1. The molecular formula is C24H35N5O3. The van der Waals surface area contributed by atoms with Crippen LogP contribution in [-0.4, -0.2) is 75.1 Å². The van der Waals surface area contributed by atoms with Gasteiger partial charge in [0.1, 0.15) is 24.0 Å². The minimum Gasteiger partial charge on any atom is -0.493 e. The maximum absolute atomic E-state index is 12.3. The average molecular weight is 442 g/mol. The number of rotatable bonds is 5. The van der Waals surface area contributed by atoms with Crippen LogP contribution in [-0.2, 0) is 4.74 Å². The molecular weight excluding hydrogens is 406 g/mol. The van der Waals surface area contributed by atoms with E-state index in [1.165, 1.54) is 32.0 Å². The van der Waals surface area contributed by atoms with E-state index in [9.17, 15) is 4.79 Å². The monoisotopic (exact) mass is 441 g/mol. The highest BCUT2D eigenvalue weighted by molar-refractivity contribution is 5.68. The molecule has 8 nitrogen and oxygen atoms in total. The Labute approximate surface area is 190 Å². The van der Waals surface area contributed by atoms with Crippen molar-refractivity contribution in [3.8, 4) is 11.4 Å². The Balaban J connectivity index is 1.16. The van der Waals surface area contributed by atoms with E-state index < -0.39 is 5.60 Å². The van der Waals surface area contributed by atoms with Gasteiger partial charge in [-0.1, -0.05) is 0 Å². The molecule has 0 unspecified atom stereocenters. The first kappa shape index (κ1) is 22.6. The summed E-state index contributed by atoms with van der Waals surface area (Å²) >= 11 is 0. The first-order valence-corrected chi connectivity index (χ1v) is 11.7. The van der Waals surface area contributed by atoms with Gasteiger partial charge in [-0.3, -0.25) is 4.90 Å². The molecule has 2 heterocycles. The van der Waals surface area contributed by atoms with Crippen molar-refractivity contribution in [3.63, 3.8) is 0 Å². The molecule has 0 N–H and O–H groups in total. The molecule has 1 aliphatic carbocycles. The van der Waals surface area contributed by atoms with Gasteiger partial charge in [0, 0.05) is 32.2 Å². The summed E-state index contributed by atoms with van der Waals surface area (Å²) in [6, 6.07) is 8.60. The number of carbonyl (C=O) groups excluding carboxylic acids is 1. The van der Waals surface area contributed by atoms with Gasteiger partial charge in [-0.2, -0.15) is 5.10 Å². The number of nitrogens with zero attached hydrogens (tertiary/aromatic N) is 5. The van der Waals surface area contributed by atoms with E-state index in [1.54, 1.807) is 11.0 Å². The van der Waals surface area contributed by atoms with Crippen LogP contribution in [0.4, 0.5) is 4.79 Å². The third-order valence-electron chi connectivity index (χ3n) is 6.30. The van der Waals surface area contributed by atoms with Gasteiger partial charge in [0.15, 0.2) is 0 Å². The van der Waals surface area contributed by atoms with Gasteiger partial charge in [0.05, 0.1) is 12.3 Å². The van der Waals surface area contributed by atoms with Crippen LogP contribution in [0.5, 0.6) is 5.75 Å². The largest absolute Gasteiger partial charge is 0.493 e. The number of benzene rings is 1. The lowest BCUT2D eigenvalue weighted by Crippen LogP contribution is -2.53. The van der Waals surface area contributed by atoms with Crippen LogP contribution in [0.3, 0.4) is 0 Å². The van der Waals surface area contributed by atoms with Crippen LogP contribution in [0.15, 0.2) is 36.9 Å². The highest BCUT2D eigenvalue weighted by atomic mass is 16.6. The molecule has 2 fully saturated rings. The molecule has 1 saturated carbocycles. The van der Waals surface area contributed by atoms with Crippen molar-refractivity contribution in [1.29, 1.82) is 0 Å². The number of hydrogen-bond acceptors (Lipinski definition) is 6. The smallest absolute Gasteiger partial charge is 0.410 e. The molecule has 1 aliphatic heterocycles. The van der Waals surface area contributed by atoms with Crippen molar-refractivity contribution in [2.75, 3.05) is 32.8 Å². The summed E-state index contributed by atoms with van der Waals surface area (Å²) in [5.41, 5.74) is 0.538. The van der Waals surface area contributed by atoms with Crippen molar-refractivity contribution in [2.45, 2.75) is 58.1 Å². The second kappa shape index (κ2) is 9.90. The van der Waals surface area contributed by atoms with Crippen molar-refractivity contribution < 1.29 is 14.3 Å². The minimum atomic E-state index is -0.437. The van der Waals surface area contributed by atoms with Gasteiger partial charge >= 0.3 is 6.09 Å². The van der Waals surface area contributed by atoms with E-state index in [0.717, 1.165) is 44.2 Å². The first-order chi connectivity index (χ1) is 15.4. The fourth-order valence-corrected chi connectivity index (χ4v) is 4.52. The number of hydrogen-bond donors (Lipinski definition) is 0. The Morgan fingerprint density at radius 1 is 1.03 bits per heavy atom. The molecule has 0 bridgehead atoms. The third-order valence-corrected chi connectivity index (χ3v) is 6.30. The highest BCUT2D eigenvalue weighted by Gasteiger charge is 2.31. The van der Waals surface area contributed by atoms with Gasteiger partial charge in [0.25, 0.3) is 0 Å². The number of ether oxygens (including phenoxy) is 2. The summed E-state index contributed by atoms with van der Waals surface area (Å²) in [5.74, 6) is 1.50. The summed E-state index contributed by atoms with van der Waals surface area (Å²) in [7, 11) is 0. The molecule has 1 aromatic heterocycles. The molecule has 2 aromatic rings. The lowest BCUT2D eigenvalue weighted by molar-refractivity contribution is 0.00654. The molecule has 0 atom stereocenters. The van der Waals surface area contributed by atoms with Crippen molar-refractivity contribution in [3.05, 3.63) is 36.9 Å². The standard InChI is InChI=1S/C24H35N5O3/c1-24(2,3)32-23(30)28-14-12-27(13-15-28)20-6-4-19(5-7-20)16-31-22-10-8-21(9-11-22)29-18-25-17-26-29/h8-11,17-20H,4-7,12-16H2,1-3H3. The summed E-state index contributed by atoms with van der Waals surface area (Å²) in [6.45, 7) is 9.88. The zero-order chi connectivity index (χ0) is 22.6. The number of carbonyl (C=O) groups is 1. The van der Waals surface area contributed by atoms with Gasteiger partial charge in [-0.25, -0.2) is 14.5 Å². The quantitative estimate of drug-likeness (QED) is 0.704. The molecule has 32 heavy (non-hydrogen) atoms. The van der Waals surface area contributed by atoms with Gasteiger partial charge in [-0.15, -0.1) is 0 Å². The normalized spacial score (nSPS) is 22.5. The van der Waals surface area contributed by atoms with E-state index in [-0.39, 0.29) is 6.09 Å². The van der Waals surface area contributed by atoms with E-state index in [0.29, 0.717) is 12.0 Å². The molecule has 1 saturated heterocycles. The lowest BCUT2D eigenvalue weighted by atomic mass is 9.85. The number of amides is 1. The van der Waals surface area contributed by atoms with Crippen LogP contribution in [0.1, 0.15) is 46.5 Å². The lowest BCUT2D eigenvalue weighted by Gasteiger charge is -2.42. The molecule has 8 heteroatoms. The molecule has 0 radical (unpaired) electrons. The average Bonchev–Trinajstić information content (AvgIpc) is 3.32. The van der Waals surface area contributed by atoms with Crippen LogP contribution in [0.2, 0.25) is 0 Å². The fraction of sp³-hybridized carbons (Fsp3) is 0.625. The number of aromatic nitrogens is 3. The van der Waals surface area contributed by atoms with E-state index in [2.05, 4.69) is 15.0 Å². The molecule has 4 rings (SSSR count). The Hall–Kier alpha value is -2.61. The second-order valence-electron chi connectivity index (χ2n) is 9.82. The molecule has 0 spiro atoms. The maximum atomic E-state index is 12.3. The maximum Gasteiger partial charge on any atom is 0.410 e. The Kier molecular flexibility index (Phi) is 6.98. The van der Waals surface area contributed by atoms with Crippen LogP contribution in [0, 0.1) is 5.92 Å². The van der Waals surface area contributed by atoms with Gasteiger partial charge < -0.3 is 14.4 Å². The fourth-order valence-electron chi connectivity index (χ4n) is 4.52. The predicted molar refractivity (Wildman–Crippen MR) is 122 cm³/mol. The predicted octanol–water partition coefficient (Wildman–Crippen LogP) is 3.76. The zero-order valence-corrected chi connectivity index (χ0v) is 19.4. The Morgan fingerprint density at radius 3 is 2.31 bits per heavy atom.